The molecule has 0 N–H and O–H groups in total. The Morgan fingerprint density at radius 1 is 0.698 bits per heavy atom. The molecule has 5 rings (SSSR count). The first-order valence-corrected chi connectivity index (χ1v) is 16.2. The van der Waals surface area contributed by atoms with Crippen molar-refractivity contribution in [3.63, 3.8) is 0 Å². The molecule has 4 atom stereocenters. The molecule has 0 aliphatic heterocycles. The van der Waals surface area contributed by atoms with Crippen LogP contribution in [0.25, 0.3) is 11.1 Å². The van der Waals surface area contributed by atoms with Gasteiger partial charge in [-0.3, -0.25) is 4.79 Å². The van der Waals surface area contributed by atoms with E-state index in [2.05, 4.69) is 6.92 Å². The number of rotatable bonds is 10. The molecule has 8 heteroatoms. The van der Waals surface area contributed by atoms with Gasteiger partial charge in [0.2, 0.25) is 11.6 Å². The highest BCUT2D eigenvalue weighted by Gasteiger charge is 2.38. The molecule has 0 bridgehead atoms. The van der Waals surface area contributed by atoms with Crippen molar-refractivity contribution in [3.8, 4) is 22.6 Å². The van der Waals surface area contributed by atoms with Crippen molar-refractivity contribution in [2.24, 2.45) is 29.6 Å². The molecule has 3 aliphatic carbocycles. The SMILES string of the molecule is CCCC1CCC2CC(OC(=O)C3CCC(COc4ccc(-c5ccc(OCC)c(F)c5F)c(F)c4F)CC3)CCC2C1. The highest BCUT2D eigenvalue weighted by atomic mass is 19.2. The van der Waals surface area contributed by atoms with Crippen molar-refractivity contribution in [2.45, 2.75) is 97.0 Å². The quantitative estimate of drug-likeness (QED) is 0.200. The van der Waals surface area contributed by atoms with E-state index >= 15 is 0 Å². The summed E-state index contributed by atoms with van der Waals surface area (Å²) < 4.78 is 75.3. The molecule has 0 spiro atoms. The second kappa shape index (κ2) is 14.3. The number of hydrogen-bond acceptors (Lipinski definition) is 4. The van der Waals surface area contributed by atoms with Gasteiger partial charge >= 0.3 is 5.97 Å². The van der Waals surface area contributed by atoms with Crippen LogP contribution in [0.5, 0.6) is 11.5 Å². The standard InChI is InChI=1S/C35H44F4O4/c1-3-5-21-6-11-25-19-26(13-12-24(25)18-21)43-35(40)23-9-7-22(8-10-23)20-42-30-17-15-28(32(37)34(30)39)27-14-16-29(41-4-2)33(38)31(27)36/h14-17,21-26H,3-13,18-20H2,1-2H3. The third-order valence-electron chi connectivity index (χ3n) is 9.99. The van der Waals surface area contributed by atoms with Crippen LogP contribution >= 0.6 is 0 Å². The maximum absolute atomic E-state index is 14.9. The Kier molecular flexibility index (Phi) is 10.6. The lowest BCUT2D eigenvalue weighted by Gasteiger charge is -2.42. The number of benzene rings is 2. The van der Waals surface area contributed by atoms with E-state index in [1.54, 1.807) is 6.92 Å². The summed E-state index contributed by atoms with van der Waals surface area (Å²) in [5, 5.41) is 0. The molecular formula is C35H44F4O4. The largest absolute Gasteiger partial charge is 0.491 e. The number of carbonyl (C=O) groups is 1. The minimum Gasteiger partial charge on any atom is -0.491 e. The van der Waals surface area contributed by atoms with Gasteiger partial charge in [0.05, 0.1) is 19.1 Å². The van der Waals surface area contributed by atoms with E-state index in [9.17, 15) is 22.4 Å². The Morgan fingerprint density at radius 2 is 1.28 bits per heavy atom. The molecule has 2 aromatic carbocycles. The van der Waals surface area contributed by atoms with Crippen molar-refractivity contribution in [1.82, 2.24) is 0 Å². The third-order valence-corrected chi connectivity index (χ3v) is 9.99. The summed E-state index contributed by atoms with van der Waals surface area (Å²) in [5.74, 6) is -3.48. The number of hydrogen-bond donors (Lipinski definition) is 0. The molecule has 0 heterocycles. The lowest BCUT2D eigenvalue weighted by Crippen LogP contribution is -2.36. The maximum atomic E-state index is 14.9. The van der Waals surface area contributed by atoms with E-state index in [1.165, 1.54) is 50.3 Å². The lowest BCUT2D eigenvalue weighted by atomic mass is 9.66. The summed E-state index contributed by atoms with van der Waals surface area (Å²) in [6.45, 7) is 4.21. The average Bonchev–Trinajstić information content (AvgIpc) is 3.01. The van der Waals surface area contributed by atoms with Gasteiger partial charge in [-0.15, -0.1) is 0 Å². The van der Waals surface area contributed by atoms with Gasteiger partial charge in [-0.05, 0) is 113 Å². The summed E-state index contributed by atoms with van der Waals surface area (Å²) in [4.78, 5) is 13.0. The zero-order chi connectivity index (χ0) is 30.5. The van der Waals surface area contributed by atoms with Gasteiger partial charge in [-0.25, -0.2) is 8.78 Å². The average molecular weight is 605 g/mol. The highest BCUT2D eigenvalue weighted by molar-refractivity contribution is 5.72. The summed E-state index contributed by atoms with van der Waals surface area (Å²) >= 11 is 0. The Bertz CT molecular complexity index is 1260. The molecule has 3 aliphatic rings. The predicted molar refractivity (Wildman–Crippen MR) is 157 cm³/mol. The Balaban J connectivity index is 1.09. The van der Waals surface area contributed by atoms with E-state index in [1.807, 2.05) is 0 Å². The van der Waals surface area contributed by atoms with Crippen molar-refractivity contribution in [2.75, 3.05) is 13.2 Å². The van der Waals surface area contributed by atoms with Crippen LogP contribution < -0.4 is 9.47 Å². The molecular weight excluding hydrogens is 560 g/mol. The van der Waals surface area contributed by atoms with E-state index < -0.39 is 34.4 Å². The van der Waals surface area contributed by atoms with Crippen LogP contribution in [0, 0.1) is 52.9 Å². The van der Waals surface area contributed by atoms with Gasteiger partial charge in [0.15, 0.2) is 23.1 Å². The molecule has 0 saturated heterocycles. The molecule has 3 saturated carbocycles. The second-order valence-corrected chi connectivity index (χ2v) is 12.8. The van der Waals surface area contributed by atoms with Crippen LogP contribution in [0.3, 0.4) is 0 Å². The Morgan fingerprint density at radius 3 is 1.91 bits per heavy atom. The Labute approximate surface area is 252 Å². The zero-order valence-corrected chi connectivity index (χ0v) is 25.3. The van der Waals surface area contributed by atoms with Crippen molar-refractivity contribution < 1.29 is 36.6 Å². The number of fused-ring (bicyclic) bond motifs is 1. The molecule has 43 heavy (non-hydrogen) atoms. The first-order valence-electron chi connectivity index (χ1n) is 16.2. The van der Waals surface area contributed by atoms with E-state index in [-0.39, 0.29) is 48.6 Å². The highest BCUT2D eigenvalue weighted by Crippen LogP contribution is 2.45. The minimum absolute atomic E-state index is 0.0333. The van der Waals surface area contributed by atoms with E-state index in [0.717, 1.165) is 50.0 Å². The van der Waals surface area contributed by atoms with Crippen molar-refractivity contribution >= 4 is 5.97 Å². The normalized spacial score (nSPS) is 27.3. The molecule has 4 nitrogen and oxygen atoms in total. The van der Waals surface area contributed by atoms with Gasteiger partial charge in [-0.1, -0.05) is 26.2 Å². The van der Waals surface area contributed by atoms with Gasteiger partial charge in [0.25, 0.3) is 0 Å². The van der Waals surface area contributed by atoms with Crippen LogP contribution in [-0.4, -0.2) is 25.3 Å². The lowest BCUT2D eigenvalue weighted by molar-refractivity contribution is -0.159. The third kappa shape index (κ3) is 7.31. The fourth-order valence-corrected chi connectivity index (χ4v) is 7.61. The minimum atomic E-state index is -1.31. The topological polar surface area (TPSA) is 44.8 Å². The first kappa shape index (κ1) is 31.6. The first-order chi connectivity index (χ1) is 20.8. The van der Waals surface area contributed by atoms with Gasteiger partial charge in [-0.2, -0.15) is 8.78 Å². The fourth-order valence-electron chi connectivity index (χ4n) is 7.61. The van der Waals surface area contributed by atoms with Crippen LogP contribution in [0.4, 0.5) is 17.6 Å². The number of carbonyl (C=O) groups excluding carboxylic acids is 1. The summed E-state index contributed by atoms with van der Waals surface area (Å²) in [6.07, 6.45) is 12.5. The van der Waals surface area contributed by atoms with E-state index in [4.69, 9.17) is 14.2 Å². The van der Waals surface area contributed by atoms with Gasteiger partial charge < -0.3 is 14.2 Å². The molecule has 236 valence electrons. The zero-order valence-electron chi connectivity index (χ0n) is 25.3. The number of ether oxygens (including phenoxy) is 3. The molecule has 4 unspecified atom stereocenters. The molecule has 3 fully saturated rings. The van der Waals surface area contributed by atoms with Crippen molar-refractivity contribution in [1.29, 1.82) is 0 Å². The Hall–Kier alpha value is -2.77. The fraction of sp³-hybridized carbons (Fsp3) is 0.629. The smallest absolute Gasteiger partial charge is 0.309 e. The number of halogens is 4. The van der Waals surface area contributed by atoms with Crippen LogP contribution in [-0.2, 0) is 9.53 Å². The molecule has 2 aromatic rings. The molecule has 0 radical (unpaired) electrons. The van der Waals surface area contributed by atoms with Crippen LogP contribution in [0.15, 0.2) is 24.3 Å². The van der Waals surface area contributed by atoms with Gasteiger partial charge in [0.1, 0.15) is 6.10 Å². The van der Waals surface area contributed by atoms with Crippen molar-refractivity contribution in [3.05, 3.63) is 47.5 Å². The maximum Gasteiger partial charge on any atom is 0.309 e. The summed E-state index contributed by atoms with van der Waals surface area (Å²) in [5.41, 5.74) is -0.803. The number of esters is 1. The van der Waals surface area contributed by atoms with E-state index in [0.29, 0.717) is 18.8 Å². The monoisotopic (exact) mass is 604 g/mol. The summed E-state index contributed by atoms with van der Waals surface area (Å²) in [6, 6.07) is 4.77. The summed E-state index contributed by atoms with van der Waals surface area (Å²) in [7, 11) is 0. The molecule has 0 amide bonds. The molecule has 0 aromatic heterocycles. The second-order valence-electron chi connectivity index (χ2n) is 12.8. The van der Waals surface area contributed by atoms with Gasteiger partial charge in [0, 0.05) is 11.1 Å². The van der Waals surface area contributed by atoms with Crippen LogP contribution in [0.1, 0.15) is 90.9 Å². The van der Waals surface area contributed by atoms with Crippen LogP contribution in [0.2, 0.25) is 0 Å². The predicted octanol–water partition coefficient (Wildman–Crippen LogP) is 9.42.